The molecule has 32 heavy (non-hydrogen) atoms. The van der Waals surface area contributed by atoms with Gasteiger partial charge in [0.05, 0.1) is 24.3 Å². The molecular weight excluding hydrogens is 416 g/mol. The number of aromatic nitrogens is 4. The lowest BCUT2D eigenvalue weighted by molar-refractivity contribution is 0.0681. The number of anilines is 2. The third-order valence-corrected chi connectivity index (χ3v) is 5.69. The summed E-state index contributed by atoms with van der Waals surface area (Å²) >= 11 is 0. The first kappa shape index (κ1) is 21.2. The van der Waals surface area contributed by atoms with Crippen LogP contribution in [0, 0.1) is 23.2 Å². The molecule has 2 aromatic rings. The molecule has 2 aliphatic rings. The van der Waals surface area contributed by atoms with Gasteiger partial charge in [-0.3, -0.25) is 4.79 Å². The van der Waals surface area contributed by atoms with Gasteiger partial charge in [0.1, 0.15) is 0 Å². The maximum Gasteiger partial charge on any atom is 0.374 e. The predicted octanol–water partition coefficient (Wildman–Crippen LogP) is 0.568. The first-order valence-corrected chi connectivity index (χ1v) is 10.2. The molecular formula is C20H22N8O4. The highest BCUT2D eigenvalue weighted by molar-refractivity contribution is 5.95. The molecule has 12 heteroatoms. The molecule has 12 nitrogen and oxygen atoms in total. The minimum atomic E-state index is -1.28. The van der Waals surface area contributed by atoms with Crippen LogP contribution in [0.2, 0.25) is 0 Å². The average Bonchev–Trinajstić information content (AvgIpc) is 3.56. The molecule has 0 spiro atoms. The number of nitriles is 1. The molecule has 0 radical (unpaired) electrons. The third kappa shape index (κ3) is 4.51. The molecule has 0 aromatic carbocycles. The minimum absolute atomic E-state index is 0.0358. The second-order valence-corrected chi connectivity index (χ2v) is 7.89. The molecule has 166 valence electrons. The van der Waals surface area contributed by atoms with Crippen LogP contribution in [0.4, 0.5) is 11.6 Å². The first-order valence-electron chi connectivity index (χ1n) is 10.2. The normalized spacial score (nSPS) is 20.4. The molecule has 0 bridgehead atoms. The Kier molecular flexibility index (Phi) is 5.72. The summed E-state index contributed by atoms with van der Waals surface area (Å²) in [6, 6.07) is 5.52. The van der Waals surface area contributed by atoms with E-state index in [1.807, 2.05) is 4.90 Å². The van der Waals surface area contributed by atoms with Crippen molar-refractivity contribution in [3.63, 3.8) is 0 Å². The zero-order valence-corrected chi connectivity index (χ0v) is 17.1. The topological polar surface area (TPSA) is 194 Å². The Morgan fingerprint density at radius 1 is 1.22 bits per heavy atom. The van der Waals surface area contributed by atoms with Crippen molar-refractivity contribution in [3.05, 3.63) is 29.3 Å². The van der Waals surface area contributed by atoms with Gasteiger partial charge in [-0.25, -0.2) is 9.78 Å². The van der Waals surface area contributed by atoms with Gasteiger partial charge in [-0.05, 0) is 31.4 Å². The molecule has 2 atom stereocenters. The molecule has 0 unspecified atom stereocenters. The smallest absolute Gasteiger partial charge is 0.374 e. The number of piperidine rings is 1. The molecule has 1 saturated carbocycles. The van der Waals surface area contributed by atoms with Gasteiger partial charge in [-0.1, -0.05) is 0 Å². The molecule has 4 rings (SSSR count). The van der Waals surface area contributed by atoms with Gasteiger partial charge in [-0.15, -0.1) is 0 Å². The highest BCUT2D eigenvalue weighted by Gasteiger charge is 2.38. The lowest BCUT2D eigenvalue weighted by Crippen LogP contribution is -2.35. The lowest BCUT2D eigenvalue weighted by atomic mass is 9.93. The van der Waals surface area contributed by atoms with Crippen molar-refractivity contribution in [2.45, 2.75) is 25.2 Å². The van der Waals surface area contributed by atoms with Crippen molar-refractivity contribution in [2.24, 2.45) is 17.6 Å². The van der Waals surface area contributed by atoms with Crippen LogP contribution in [0.5, 0.6) is 6.01 Å². The lowest BCUT2D eigenvalue weighted by Gasteiger charge is -2.31. The van der Waals surface area contributed by atoms with Crippen molar-refractivity contribution >= 4 is 23.5 Å². The van der Waals surface area contributed by atoms with E-state index in [1.165, 1.54) is 0 Å². The summed E-state index contributed by atoms with van der Waals surface area (Å²) in [5, 5.41) is 18.3. The predicted molar refractivity (Wildman–Crippen MR) is 111 cm³/mol. The van der Waals surface area contributed by atoms with Crippen LogP contribution in [-0.2, 0) is 0 Å². The van der Waals surface area contributed by atoms with Crippen LogP contribution >= 0.6 is 0 Å². The Hall–Kier alpha value is -4.01. The summed E-state index contributed by atoms with van der Waals surface area (Å²) in [6.45, 7) is 1.35. The van der Waals surface area contributed by atoms with Crippen molar-refractivity contribution in [3.8, 4) is 12.1 Å². The number of carbonyl (C=O) groups is 2. The number of carbonyl (C=O) groups excluding carboxylic acids is 1. The molecule has 2 fully saturated rings. The van der Waals surface area contributed by atoms with Crippen molar-refractivity contribution in [2.75, 3.05) is 30.3 Å². The van der Waals surface area contributed by atoms with Gasteiger partial charge in [0, 0.05) is 30.6 Å². The minimum Gasteiger partial charge on any atom is -0.475 e. The number of nitrogen functional groups attached to an aromatic ring is 1. The second kappa shape index (κ2) is 8.62. The number of hydrogen-bond acceptors (Lipinski definition) is 10. The number of hydrogen-bond donors (Lipinski definition) is 3. The maximum atomic E-state index is 11.5. The number of amides is 1. The summed E-state index contributed by atoms with van der Waals surface area (Å²) in [5.41, 5.74) is 12.1. The maximum absolute atomic E-state index is 11.5. The summed E-state index contributed by atoms with van der Waals surface area (Å²) < 4.78 is 5.55. The SMILES string of the molecule is N#C[C@H]1C[C@H]1COc1nc(C(=O)O)nc(N2CCC(c3ccc(N)c(C(N)=O)n3)CC2)n1. The van der Waals surface area contributed by atoms with Gasteiger partial charge in [0.25, 0.3) is 5.91 Å². The molecule has 5 N–H and O–H groups in total. The van der Waals surface area contributed by atoms with E-state index in [2.05, 4.69) is 26.0 Å². The van der Waals surface area contributed by atoms with Crippen LogP contribution in [0.3, 0.4) is 0 Å². The van der Waals surface area contributed by atoms with Crippen molar-refractivity contribution < 1.29 is 19.4 Å². The Bertz CT molecular complexity index is 1090. The summed E-state index contributed by atoms with van der Waals surface area (Å²) in [4.78, 5) is 41.4. The number of primary amides is 1. The van der Waals surface area contributed by atoms with Crippen LogP contribution < -0.4 is 21.1 Å². The van der Waals surface area contributed by atoms with Crippen molar-refractivity contribution in [1.29, 1.82) is 5.26 Å². The van der Waals surface area contributed by atoms with E-state index in [9.17, 15) is 14.7 Å². The second-order valence-electron chi connectivity index (χ2n) is 7.89. The van der Waals surface area contributed by atoms with E-state index < -0.39 is 17.7 Å². The molecule has 1 aliphatic heterocycles. The quantitative estimate of drug-likeness (QED) is 0.546. The Balaban J connectivity index is 1.45. The number of carboxylic acid groups (broad SMARTS) is 1. The molecule has 3 heterocycles. The average molecular weight is 438 g/mol. The zero-order valence-electron chi connectivity index (χ0n) is 17.1. The van der Waals surface area contributed by atoms with E-state index in [-0.39, 0.29) is 47.7 Å². The van der Waals surface area contributed by atoms with E-state index in [1.54, 1.807) is 12.1 Å². The van der Waals surface area contributed by atoms with E-state index in [0.717, 1.165) is 12.1 Å². The Morgan fingerprint density at radius 2 is 1.97 bits per heavy atom. The highest BCUT2D eigenvalue weighted by Crippen LogP contribution is 2.37. The van der Waals surface area contributed by atoms with Gasteiger partial charge in [0.2, 0.25) is 11.8 Å². The number of nitrogens with zero attached hydrogens (tertiary/aromatic N) is 6. The summed E-state index contributed by atoms with van der Waals surface area (Å²) in [6.07, 6.45) is 2.13. The third-order valence-electron chi connectivity index (χ3n) is 5.69. The fourth-order valence-corrected chi connectivity index (χ4v) is 3.70. The Morgan fingerprint density at radius 3 is 2.59 bits per heavy atom. The van der Waals surface area contributed by atoms with Gasteiger partial charge in [0.15, 0.2) is 5.69 Å². The summed E-state index contributed by atoms with van der Waals surface area (Å²) in [5.74, 6) is -1.96. The number of rotatable bonds is 7. The van der Waals surface area contributed by atoms with Gasteiger partial charge in [-0.2, -0.15) is 20.2 Å². The van der Waals surface area contributed by atoms with Crippen LogP contribution in [0.15, 0.2) is 12.1 Å². The molecule has 2 aromatic heterocycles. The van der Waals surface area contributed by atoms with Crippen LogP contribution in [0.25, 0.3) is 0 Å². The van der Waals surface area contributed by atoms with Crippen LogP contribution in [-0.4, -0.2) is 56.6 Å². The van der Waals surface area contributed by atoms with Gasteiger partial charge >= 0.3 is 12.0 Å². The Labute approximate surface area is 183 Å². The van der Waals surface area contributed by atoms with E-state index in [0.29, 0.717) is 25.9 Å². The monoisotopic (exact) mass is 438 g/mol. The zero-order chi connectivity index (χ0) is 22.8. The first-order chi connectivity index (χ1) is 15.4. The fraction of sp³-hybridized carbons (Fsp3) is 0.450. The highest BCUT2D eigenvalue weighted by atomic mass is 16.5. The van der Waals surface area contributed by atoms with Crippen molar-refractivity contribution in [1.82, 2.24) is 19.9 Å². The molecule has 1 aliphatic carbocycles. The largest absolute Gasteiger partial charge is 0.475 e. The fourth-order valence-electron chi connectivity index (χ4n) is 3.70. The standard InChI is InChI=1S/C20H22N8O4/c21-8-11-7-12(11)9-32-20-26-17(18(30)31)25-19(27-20)28-5-3-10(4-6-28)14-2-1-13(22)15(24-14)16(23)29/h1-2,10-12H,3-7,9,22H2,(H2,23,29)(H,30,31)/t11-,12+/m1/s1. The number of pyridine rings is 1. The number of ether oxygens (including phenoxy) is 1. The summed E-state index contributed by atoms with van der Waals surface area (Å²) in [7, 11) is 0. The molecule has 1 saturated heterocycles. The van der Waals surface area contributed by atoms with Gasteiger partial charge < -0.3 is 26.2 Å². The molecule has 1 amide bonds. The number of carboxylic acids is 1. The number of aromatic carboxylic acids is 1. The van der Waals surface area contributed by atoms with Crippen LogP contribution in [0.1, 0.15) is 52.0 Å². The van der Waals surface area contributed by atoms with E-state index >= 15 is 0 Å². The number of nitrogens with two attached hydrogens (primary N) is 2. The van der Waals surface area contributed by atoms with E-state index in [4.69, 9.17) is 21.5 Å².